The smallest absolute Gasteiger partial charge is 0.312 e. The minimum Gasteiger partial charge on any atom is -0.424 e. The Bertz CT molecular complexity index is 1020. The van der Waals surface area contributed by atoms with Gasteiger partial charge in [-0.15, -0.1) is 0 Å². The Morgan fingerprint density at radius 2 is 1.96 bits per heavy atom. The first-order chi connectivity index (χ1) is 12.0. The van der Waals surface area contributed by atoms with Gasteiger partial charge in [-0.05, 0) is 35.9 Å². The number of rotatable bonds is 1. The summed E-state index contributed by atoms with van der Waals surface area (Å²) < 4.78 is 8.09. The Hall–Kier alpha value is -2.11. The van der Waals surface area contributed by atoms with Gasteiger partial charge >= 0.3 is 5.97 Å². The summed E-state index contributed by atoms with van der Waals surface area (Å²) >= 11 is 9.54. The van der Waals surface area contributed by atoms with E-state index in [1.165, 1.54) is 6.92 Å². The third kappa shape index (κ3) is 2.68. The van der Waals surface area contributed by atoms with Gasteiger partial charge in [-0.25, -0.2) is 0 Å². The van der Waals surface area contributed by atoms with Gasteiger partial charge in [-0.1, -0.05) is 39.7 Å². The number of halogens is 2. The van der Waals surface area contributed by atoms with Gasteiger partial charge in [0.2, 0.25) is 5.91 Å². The molecule has 0 spiro atoms. The molecule has 3 aromatic rings. The summed E-state index contributed by atoms with van der Waals surface area (Å²) in [5.41, 5.74) is 2.31. The fraction of sp³-hybridized carbons (Fsp3) is 0.158. The molecule has 2 aromatic carbocycles. The zero-order valence-electron chi connectivity index (χ0n) is 13.3. The molecule has 6 heteroatoms. The highest BCUT2D eigenvalue weighted by Gasteiger charge is 2.35. The molecule has 4 nitrogen and oxygen atoms in total. The molecule has 0 fully saturated rings. The number of carbonyl (C=O) groups is 2. The second-order valence-electron chi connectivity index (χ2n) is 6.01. The maximum Gasteiger partial charge on any atom is 0.312 e. The normalized spacial score (nSPS) is 16.6. The maximum atomic E-state index is 12.4. The van der Waals surface area contributed by atoms with Gasteiger partial charge in [0.15, 0.2) is 5.75 Å². The van der Waals surface area contributed by atoms with Crippen molar-refractivity contribution in [1.29, 1.82) is 0 Å². The van der Waals surface area contributed by atoms with E-state index in [1.54, 1.807) is 22.8 Å². The molecule has 2 heterocycles. The average Bonchev–Trinajstić information content (AvgIpc) is 2.88. The molecule has 1 aliphatic rings. The highest BCUT2D eigenvalue weighted by atomic mass is 79.9. The zero-order valence-corrected chi connectivity index (χ0v) is 15.6. The minimum atomic E-state index is -0.307. The summed E-state index contributed by atoms with van der Waals surface area (Å²) in [6, 6.07) is 13.0. The first-order valence-corrected chi connectivity index (χ1v) is 8.93. The van der Waals surface area contributed by atoms with Crippen molar-refractivity contribution in [2.45, 2.75) is 19.3 Å². The van der Waals surface area contributed by atoms with Crippen molar-refractivity contribution >= 4 is 50.3 Å². The topological polar surface area (TPSA) is 48.3 Å². The Balaban J connectivity index is 2.04. The lowest BCUT2D eigenvalue weighted by atomic mass is 9.90. The fourth-order valence-electron chi connectivity index (χ4n) is 3.40. The summed E-state index contributed by atoms with van der Waals surface area (Å²) in [6.45, 7) is 1.50. The van der Waals surface area contributed by atoms with Crippen molar-refractivity contribution < 1.29 is 14.3 Å². The Morgan fingerprint density at radius 1 is 1.24 bits per heavy atom. The second-order valence-corrected chi connectivity index (χ2v) is 7.36. The molecule has 0 saturated carbocycles. The molecule has 0 saturated heterocycles. The van der Waals surface area contributed by atoms with Crippen LogP contribution >= 0.6 is 27.5 Å². The minimum absolute atomic E-state index is 0.145. The highest BCUT2D eigenvalue weighted by molar-refractivity contribution is 9.10. The van der Waals surface area contributed by atoms with E-state index in [1.807, 2.05) is 24.3 Å². The van der Waals surface area contributed by atoms with Gasteiger partial charge in [0, 0.05) is 27.7 Å². The molecule has 0 amide bonds. The lowest BCUT2D eigenvalue weighted by Gasteiger charge is -2.24. The monoisotopic (exact) mass is 417 g/mol. The number of hydrogen-bond acceptors (Lipinski definition) is 3. The van der Waals surface area contributed by atoms with E-state index in [-0.39, 0.29) is 24.2 Å². The van der Waals surface area contributed by atoms with Gasteiger partial charge in [-0.3, -0.25) is 14.2 Å². The van der Waals surface area contributed by atoms with Crippen molar-refractivity contribution in [2.24, 2.45) is 0 Å². The molecule has 126 valence electrons. The molecule has 4 rings (SSSR count). The van der Waals surface area contributed by atoms with E-state index in [9.17, 15) is 9.59 Å². The standard InChI is InChI=1S/C19H13BrClNO3/c1-10(23)22-16-8-13(21)6-7-14(16)19-18(22)15(9-17(24)25-19)11-2-4-12(20)5-3-11/h2-8,15H,9H2,1H3. The van der Waals surface area contributed by atoms with Crippen LogP contribution in [0.1, 0.15) is 35.3 Å². The van der Waals surface area contributed by atoms with E-state index >= 15 is 0 Å². The predicted octanol–water partition coefficient (Wildman–Crippen LogP) is 5.16. The molecule has 0 bridgehead atoms. The lowest BCUT2D eigenvalue weighted by Crippen LogP contribution is -2.24. The number of nitrogens with zero attached hydrogens (tertiary/aromatic N) is 1. The Kier molecular flexibility index (Phi) is 3.93. The van der Waals surface area contributed by atoms with E-state index in [0.29, 0.717) is 27.4 Å². The van der Waals surface area contributed by atoms with Crippen LogP contribution in [0.3, 0.4) is 0 Å². The SMILES string of the molecule is CC(=O)n1c2c(c3ccc(Cl)cc31)OC(=O)CC2c1ccc(Br)cc1. The van der Waals surface area contributed by atoms with Crippen molar-refractivity contribution in [3.63, 3.8) is 0 Å². The first kappa shape index (κ1) is 16.4. The van der Waals surface area contributed by atoms with Crippen molar-refractivity contribution in [2.75, 3.05) is 0 Å². The number of carbonyl (C=O) groups excluding carboxylic acids is 2. The third-order valence-corrected chi connectivity index (χ3v) is 5.19. The quantitative estimate of drug-likeness (QED) is 0.513. The zero-order chi connectivity index (χ0) is 17.7. The first-order valence-electron chi connectivity index (χ1n) is 7.76. The van der Waals surface area contributed by atoms with Crippen molar-refractivity contribution in [3.05, 3.63) is 63.2 Å². The van der Waals surface area contributed by atoms with Crippen LogP contribution < -0.4 is 4.74 Å². The molecule has 0 aliphatic carbocycles. The maximum absolute atomic E-state index is 12.4. The van der Waals surface area contributed by atoms with Crippen LogP contribution in [0.2, 0.25) is 5.02 Å². The largest absolute Gasteiger partial charge is 0.424 e. The summed E-state index contributed by atoms with van der Waals surface area (Å²) in [4.78, 5) is 24.6. The van der Waals surface area contributed by atoms with Crippen LogP contribution in [0.15, 0.2) is 46.9 Å². The molecule has 1 aliphatic heterocycles. The van der Waals surface area contributed by atoms with E-state index < -0.39 is 0 Å². The molecule has 1 aromatic heterocycles. The van der Waals surface area contributed by atoms with Gasteiger partial charge in [0.25, 0.3) is 0 Å². The van der Waals surface area contributed by atoms with Gasteiger partial charge in [0.05, 0.1) is 17.6 Å². The molecule has 0 radical (unpaired) electrons. The van der Waals surface area contributed by atoms with Crippen molar-refractivity contribution in [3.8, 4) is 5.75 Å². The van der Waals surface area contributed by atoms with Crippen LogP contribution in [-0.2, 0) is 4.79 Å². The number of ether oxygens (including phenoxy) is 1. The summed E-state index contributed by atoms with van der Waals surface area (Å²) in [5.74, 6) is -0.253. The molecular weight excluding hydrogens is 406 g/mol. The second kappa shape index (κ2) is 6.00. The number of aromatic nitrogens is 1. The lowest BCUT2D eigenvalue weighted by molar-refractivity contribution is -0.135. The number of fused-ring (bicyclic) bond motifs is 3. The predicted molar refractivity (Wildman–Crippen MR) is 99.5 cm³/mol. The molecule has 1 unspecified atom stereocenters. The number of benzene rings is 2. The van der Waals surface area contributed by atoms with E-state index in [4.69, 9.17) is 16.3 Å². The van der Waals surface area contributed by atoms with Gasteiger partial charge < -0.3 is 4.74 Å². The van der Waals surface area contributed by atoms with Crippen molar-refractivity contribution in [1.82, 2.24) is 4.57 Å². The summed E-state index contributed by atoms with van der Waals surface area (Å²) in [5, 5.41) is 1.24. The highest BCUT2D eigenvalue weighted by Crippen LogP contribution is 2.45. The van der Waals surface area contributed by atoms with Gasteiger partial charge in [-0.2, -0.15) is 0 Å². The van der Waals surface area contributed by atoms with Crippen LogP contribution in [0.25, 0.3) is 10.9 Å². The molecule has 1 atom stereocenters. The molecule has 25 heavy (non-hydrogen) atoms. The fourth-order valence-corrected chi connectivity index (χ4v) is 3.83. The van der Waals surface area contributed by atoms with Crippen LogP contribution in [0, 0.1) is 0 Å². The Labute approximate surface area is 157 Å². The van der Waals surface area contributed by atoms with E-state index in [2.05, 4.69) is 15.9 Å². The van der Waals surface area contributed by atoms with Crippen LogP contribution in [-0.4, -0.2) is 16.4 Å². The number of esters is 1. The average molecular weight is 419 g/mol. The van der Waals surface area contributed by atoms with Gasteiger partial charge in [0.1, 0.15) is 0 Å². The molecular formula is C19H13BrClNO3. The number of hydrogen-bond donors (Lipinski definition) is 0. The van der Waals surface area contributed by atoms with E-state index in [0.717, 1.165) is 10.0 Å². The summed E-state index contributed by atoms with van der Waals surface area (Å²) in [6.07, 6.45) is 0.186. The van der Waals surface area contributed by atoms with Crippen LogP contribution in [0.4, 0.5) is 0 Å². The Morgan fingerprint density at radius 3 is 2.64 bits per heavy atom. The van der Waals surface area contributed by atoms with Crippen LogP contribution in [0.5, 0.6) is 5.75 Å². The molecule has 0 N–H and O–H groups in total. The summed E-state index contributed by atoms with van der Waals surface area (Å²) in [7, 11) is 0. The third-order valence-electron chi connectivity index (χ3n) is 4.42.